The van der Waals surface area contributed by atoms with Crippen molar-refractivity contribution in [3.05, 3.63) is 18.0 Å². The van der Waals surface area contributed by atoms with Crippen LogP contribution in [0.25, 0.3) is 0 Å². The zero-order chi connectivity index (χ0) is 10.7. The van der Waals surface area contributed by atoms with Crippen LogP contribution in [0.2, 0.25) is 0 Å². The predicted molar refractivity (Wildman–Crippen MR) is 54.3 cm³/mol. The van der Waals surface area contributed by atoms with Gasteiger partial charge in [0.15, 0.2) is 0 Å². The second kappa shape index (κ2) is 4.44. The van der Waals surface area contributed by atoms with E-state index in [1.807, 2.05) is 0 Å². The fourth-order valence-corrected chi connectivity index (χ4v) is 1.86. The molecule has 1 aromatic rings. The molecule has 5 nitrogen and oxygen atoms in total. The van der Waals surface area contributed by atoms with Crippen LogP contribution in [0.1, 0.15) is 23.3 Å². The minimum atomic E-state index is -0.417. The van der Waals surface area contributed by atoms with Gasteiger partial charge in [0.1, 0.15) is 5.69 Å². The summed E-state index contributed by atoms with van der Waals surface area (Å²) in [5.41, 5.74) is 5.73. The van der Waals surface area contributed by atoms with Crippen molar-refractivity contribution in [2.45, 2.75) is 19.4 Å². The second-order valence-electron chi connectivity index (χ2n) is 3.82. The van der Waals surface area contributed by atoms with Crippen molar-refractivity contribution in [2.75, 3.05) is 13.2 Å². The largest absolute Gasteiger partial charge is 0.381 e. The van der Waals surface area contributed by atoms with Gasteiger partial charge in [-0.15, -0.1) is 0 Å². The van der Waals surface area contributed by atoms with E-state index in [9.17, 15) is 4.79 Å². The molecule has 0 aromatic carbocycles. The average molecular weight is 209 g/mol. The summed E-state index contributed by atoms with van der Waals surface area (Å²) in [7, 11) is 0. The number of hydrogen-bond donors (Lipinski definition) is 1. The molecule has 1 fully saturated rings. The summed E-state index contributed by atoms with van der Waals surface area (Å²) >= 11 is 0. The fraction of sp³-hybridized carbons (Fsp3) is 0.600. The van der Waals surface area contributed by atoms with E-state index in [2.05, 4.69) is 5.10 Å². The highest BCUT2D eigenvalue weighted by Gasteiger charge is 2.17. The molecular weight excluding hydrogens is 194 g/mol. The Labute approximate surface area is 88.2 Å². The Balaban J connectivity index is 2.03. The van der Waals surface area contributed by atoms with Crippen molar-refractivity contribution in [3.8, 4) is 0 Å². The van der Waals surface area contributed by atoms with Crippen LogP contribution in [0.15, 0.2) is 12.3 Å². The van der Waals surface area contributed by atoms with Crippen molar-refractivity contribution in [1.29, 1.82) is 0 Å². The third kappa shape index (κ3) is 2.36. The zero-order valence-electron chi connectivity index (χ0n) is 8.56. The van der Waals surface area contributed by atoms with Crippen molar-refractivity contribution >= 4 is 5.91 Å². The van der Waals surface area contributed by atoms with Crippen molar-refractivity contribution in [2.24, 2.45) is 11.7 Å². The van der Waals surface area contributed by atoms with Gasteiger partial charge < -0.3 is 10.5 Å². The van der Waals surface area contributed by atoms with Crippen LogP contribution in [0.5, 0.6) is 0 Å². The molecule has 2 N–H and O–H groups in total. The first-order valence-corrected chi connectivity index (χ1v) is 5.16. The van der Waals surface area contributed by atoms with Crippen molar-refractivity contribution in [1.82, 2.24) is 9.78 Å². The van der Waals surface area contributed by atoms with Gasteiger partial charge in [-0.25, -0.2) is 0 Å². The summed E-state index contributed by atoms with van der Waals surface area (Å²) in [6.45, 7) is 2.37. The van der Waals surface area contributed by atoms with Gasteiger partial charge >= 0.3 is 0 Å². The molecule has 15 heavy (non-hydrogen) atoms. The van der Waals surface area contributed by atoms with Crippen LogP contribution in [0, 0.1) is 5.92 Å². The first kappa shape index (κ1) is 10.2. The molecule has 1 aromatic heterocycles. The van der Waals surface area contributed by atoms with Crippen LogP contribution in [-0.4, -0.2) is 28.9 Å². The molecule has 0 radical (unpaired) electrons. The van der Waals surface area contributed by atoms with E-state index in [1.54, 1.807) is 16.9 Å². The van der Waals surface area contributed by atoms with Gasteiger partial charge in [-0.2, -0.15) is 5.10 Å². The van der Waals surface area contributed by atoms with E-state index in [1.165, 1.54) is 0 Å². The molecule has 0 aliphatic carbocycles. The number of ether oxygens (including phenoxy) is 1. The smallest absolute Gasteiger partial charge is 0.266 e. The van der Waals surface area contributed by atoms with Gasteiger partial charge in [0, 0.05) is 26.0 Å². The number of hydrogen-bond acceptors (Lipinski definition) is 3. The summed E-state index contributed by atoms with van der Waals surface area (Å²) in [6.07, 6.45) is 3.66. The lowest BCUT2D eigenvalue weighted by atomic mass is 10.0. The number of rotatable bonds is 3. The normalized spacial score (nSPS) is 17.9. The number of aromatic nitrogens is 2. The maximum absolute atomic E-state index is 11.1. The maximum atomic E-state index is 11.1. The molecule has 2 heterocycles. The molecule has 1 saturated heterocycles. The number of nitrogens with two attached hydrogens (primary N) is 1. The Morgan fingerprint density at radius 3 is 3.00 bits per heavy atom. The van der Waals surface area contributed by atoms with E-state index in [-0.39, 0.29) is 0 Å². The minimum absolute atomic E-state index is 0.417. The van der Waals surface area contributed by atoms with Gasteiger partial charge in [-0.1, -0.05) is 0 Å². The second-order valence-corrected chi connectivity index (χ2v) is 3.82. The highest BCUT2D eigenvalue weighted by Crippen LogP contribution is 2.17. The monoisotopic (exact) mass is 209 g/mol. The number of primary amides is 1. The molecular formula is C10H15N3O2. The summed E-state index contributed by atoms with van der Waals surface area (Å²) in [5, 5.41) is 4.11. The van der Waals surface area contributed by atoms with Crippen LogP contribution in [0.3, 0.4) is 0 Å². The topological polar surface area (TPSA) is 70.1 Å². The van der Waals surface area contributed by atoms with Gasteiger partial charge in [-0.05, 0) is 24.8 Å². The summed E-state index contributed by atoms with van der Waals surface area (Å²) in [5.74, 6) is 0.122. The molecule has 1 aliphatic heterocycles. The first-order valence-electron chi connectivity index (χ1n) is 5.16. The lowest BCUT2D eigenvalue weighted by molar-refractivity contribution is 0.0597. The quantitative estimate of drug-likeness (QED) is 0.783. The van der Waals surface area contributed by atoms with Crippen LogP contribution in [0.4, 0.5) is 0 Å². The Bertz CT molecular complexity index is 342. The molecule has 5 heteroatoms. The third-order valence-electron chi connectivity index (χ3n) is 2.74. The van der Waals surface area contributed by atoms with Crippen LogP contribution < -0.4 is 5.73 Å². The Morgan fingerprint density at radius 1 is 1.60 bits per heavy atom. The molecule has 0 atom stereocenters. The lowest BCUT2D eigenvalue weighted by Gasteiger charge is -2.22. The standard InChI is InChI=1S/C10H15N3O2/c11-10(14)9-1-4-12-13(9)7-8-2-5-15-6-3-8/h1,4,8H,2-3,5-7H2,(H2,11,14). The third-order valence-corrected chi connectivity index (χ3v) is 2.74. The molecule has 0 unspecified atom stereocenters. The zero-order valence-corrected chi connectivity index (χ0v) is 8.56. The Kier molecular flexibility index (Phi) is 3.01. The van der Waals surface area contributed by atoms with Gasteiger partial charge in [0.25, 0.3) is 5.91 Å². The molecule has 0 saturated carbocycles. The Morgan fingerprint density at radius 2 is 2.33 bits per heavy atom. The molecule has 1 aliphatic rings. The molecule has 1 amide bonds. The SMILES string of the molecule is NC(=O)c1ccnn1CC1CCOCC1. The van der Waals surface area contributed by atoms with Crippen LogP contribution in [-0.2, 0) is 11.3 Å². The number of nitrogens with zero attached hydrogens (tertiary/aromatic N) is 2. The van der Waals surface area contributed by atoms with Gasteiger partial charge in [-0.3, -0.25) is 9.48 Å². The average Bonchev–Trinajstić information content (AvgIpc) is 2.67. The van der Waals surface area contributed by atoms with E-state index in [0.717, 1.165) is 32.6 Å². The van der Waals surface area contributed by atoms with Crippen molar-refractivity contribution < 1.29 is 9.53 Å². The van der Waals surface area contributed by atoms with E-state index in [0.29, 0.717) is 11.6 Å². The van der Waals surface area contributed by atoms with Crippen LogP contribution >= 0.6 is 0 Å². The first-order chi connectivity index (χ1) is 7.27. The van der Waals surface area contributed by atoms with Gasteiger partial charge in [0.2, 0.25) is 0 Å². The summed E-state index contributed by atoms with van der Waals surface area (Å²) in [4.78, 5) is 11.1. The molecule has 0 spiro atoms. The van der Waals surface area contributed by atoms with E-state index in [4.69, 9.17) is 10.5 Å². The van der Waals surface area contributed by atoms with E-state index < -0.39 is 5.91 Å². The lowest BCUT2D eigenvalue weighted by Crippen LogP contribution is -2.24. The fourth-order valence-electron chi connectivity index (χ4n) is 1.86. The minimum Gasteiger partial charge on any atom is -0.381 e. The summed E-state index contributed by atoms with van der Waals surface area (Å²) in [6, 6.07) is 1.65. The highest BCUT2D eigenvalue weighted by molar-refractivity contribution is 5.90. The molecule has 2 rings (SSSR count). The van der Waals surface area contributed by atoms with Crippen molar-refractivity contribution in [3.63, 3.8) is 0 Å². The predicted octanol–water partition coefficient (Wildman–Crippen LogP) is 0.409. The number of carbonyl (C=O) groups excluding carboxylic acids is 1. The molecule has 0 bridgehead atoms. The molecule has 82 valence electrons. The summed E-state index contributed by atoms with van der Waals surface area (Å²) < 4.78 is 6.97. The van der Waals surface area contributed by atoms with E-state index >= 15 is 0 Å². The van der Waals surface area contributed by atoms with Gasteiger partial charge in [0.05, 0.1) is 0 Å². The highest BCUT2D eigenvalue weighted by atomic mass is 16.5. The number of amides is 1. The Hall–Kier alpha value is -1.36. The maximum Gasteiger partial charge on any atom is 0.266 e. The number of carbonyl (C=O) groups is 1.